The molecule has 1 heterocycles. The second-order valence-electron chi connectivity index (χ2n) is 3.82. The second kappa shape index (κ2) is 5.96. The van der Waals surface area contributed by atoms with Crippen LogP contribution < -0.4 is 0 Å². The van der Waals surface area contributed by atoms with Crippen molar-refractivity contribution in [3.63, 3.8) is 0 Å². The van der Waals surface area contributed by atoms with E-state index in [1.807, 2.05) is 0 Å². The third kappa shape index (κ3) is 2.42. The molecule has 1 saturated heterocycles. The Balaban J connectivity index is 2.83. The number of hydrogen-bond acceptors (Lipinski definition) is 4. The van der Waals surface area contributed by atoms with Crippen molar-refractivity contribution in [1.29, 1.82) is 0 Å². The Morgan fingerprint density at radius 1 is 1.07 bits per heavy atom. The zero-order valence-corrected chi connectivity index (χ0v) is 11.5. The highest BCUT2D eigenvalue weighted by Gasteiger charge is 2.50. The van der Waals surface area contributed by atoms with Crippen molar-refractivity contribution in [3.8, 4) is 0 Å². The Morgan fingerprint density at radius 3 is 1.87 bits per heavy atom. The van der Waals surface area contributed by atoms with Gasteiger partial charge in [0.15, 0.2) is 0 Å². The standard InChI is InChI=1S/C10H24N2O2Si/c1-5-11(6-2)15(13-3,14-4)12-9-7-8-10-12/h5-10H2,1-4H3. The molecule has 1 fully saturated rings. The highest BCUT2D eigenvalue weighted by Crippen LogP contribution is 2.22. The van der Waals surface area contributed by atoms with Crippen molar-refractivity contribution < 1.29 is 8.85 Å². The lowest BCUT2D eigenvalue weighted by Crippen LogP contribution is -2.68. The molecule has 0 N–H and O–H groups in total. The molecule has 1 aliphatic rings. The third-order valence-electron chi connectivity index (χ3n) is 3.20. The molecule has 0 amide bonds. The van der Waals surface area contributed by atoms with Gasteiger partial charge in [-0.25, -0.2) is 0 Å². The van der Waals surface area contributed by atoms with Crippen LogP contribution in [0.25, 0.3) is 0 Å². The largest absolute Gasteiger partial charge is 0.521 e. The molecule has 5 heteroatoms. The van der Waals surface area contributed by atoms with Crippen molar-refractivity contribution in [2.24, 2.45) is 0 Å². The summed E-state index contributed by atoms with van der Waals surface area (Å²) in [5, 5.41) is 0. The monoisotopic (exact) mass is 232 g/mol. The predicted octanol–water partition coefficient (Wildman–Crippen LogP) is 1.15. The van der Waals surface area contributed by atoms with E-state index in [9.17, 15) is 0 Å². The van der Waals surface area contributed by atoms with Crippen LogP contribution in [0.3, 0.4) is 0 Å². The van der Waals surface area contributed by atoms with Crippen molar-refractivity contribution in [2.45, 2.75) is 26.7 Å². The maximum absolute atomic E-state index is 5.78. The first-order valence-corrected chi connectivity index (χ1v) is 7.56. The molecule has 0 spiro atoms. The molecular weight excluding hydrogens is 208 g/mol. The van der Waals surface area contributed by atoms with E-state index in [2.05, 4.69) is 23.0 Å². The van der Waals surface area contributed by atoms with E-state index >= 15 is 0 Å². The van der Waals surface area contributed by atoms with Crippen molar-refractivity contribution in [2.75, 3.05) is 40.4 Å². The molecule has 0 bridgehead atoms. The lowest BCUT2D eigenvalue weighted by molar-refractivity contribution is 0.107. The average Bonchev–Trinajstić information content (AvgIpc) is 2.80. The van der Waals surface area contributed by atoms with Crippen LogP contribution in [0.1, 0.15) is 26.7 Å². The van der Waals surface area contributed by atoms with Gasteiger partial charge in [-0.05, 0) is 39.0 Å². The molecule has 0 aromatic carbocycles. The van der Waals surface area contributed by atoms with Crippen molar-refractivity contribution in [1.82, 2.24) is 9.13 Å². The molecule has 0 atom stereocenters. The van der Waals surface area contributed by atoms with Gasteiger partial charge in [-0.15, -0.1) is 0 Å². The maximum atomic E-state index is 5.78. The number of hydrogen-bond donors (Lipinski definition) is 0. The summed E-state index contributed by atoms with van der Waals surface area (Å²) >= 11 is 0. The molecule has 0 radical (unpaired) electrons. The zero-order chi connectivity index (χ0) is 11.3. The van der Waals surface area contributed by atoms with Gasteiger partial charge < -0.3 is 8.85 Å². The molecule has 0 saturated carbocycles. The molecular formula is C10H24N2O2Si. The van der Waals surface area contributed by atoms with Gasteiger partial charge in [0.05, 0.1) is 0 Å². The first kappa shape index (κ1) is 13.1. The van der Waals surface area contributed by atoms with E-state index in [0.717, 1.165) is 26.2 Å². The first-order valence-electron chi connectivity index (χ1n) is 5.85. The van der Waals surface area contributed by atoms with Gasteiger partial charge in [0.1, 0.15) is 0 Å². The summed E-state index contributed by atoms with van der Waals surface area (Å²) in [5.41, 5.74) is 0. The highest BCUT2D eigenvalue weighted by molar-refractivity contribution is 6.61. The van der Waals surface area contributed by atoms with Gasteiger partial charge in [-0.3, -0.25) is 9.13 Å². The number of rotatable bonds is 6. The molecule has 0 aromatic heterocycles. The zero-order valence-electron chi connectivity index (χ0n) is 10.5. The Kier molecular flexibility index (Phi) is 5.21. The maximum Gasteiger partial charge on any atom is 0.521 e. The molecule has 15 heavy (non-hydrogen) atoms. The Bertz CT molecular complexity index is 174. The summed E-state index contributed by atoms with van der Waals surface area (Å²) in [4.78, 5) is 0. The van der Waals surface area contributed by atoms with E-state index in [1.165, 1.54) is 12.8 Å². The first-order chi connectivity index (χ1) is 7.25. The highest BCUT2D eigenvalue weighted by atomic mass is 28.4. The van der Waals surface area contributed by atoms with Crippen LogP contribution in [0.2, 0.25) is 0 Å². The molecule has 1 rings (SSSR count). The van der Waals surface area contributed by atoms with Gasteiger partial charge in [0.25, 0.3) is 0 Å². The number of nitrogens with zero attached hydrogens (tertiary/aromatic N) is 2. The predicted molar refractivity (Wildman–Crippen MR) is 63.5 cm³/mol. The quantitative estimate of drug-likeness (QED) is 0.642. The summed E-state index contributed by atoms with van der Waals surface area (Å²) in [5.74, 6) is 0. The molecule has 0 aromatic rings. The van der Waals surface area contributed by atoms with Crippen molar-refractivity contribution >= 4 is 8.88 Å². The van der Waals surface area contributed by atoms with Crippen LogP contribution in [0.4, 0.5) is 0 Å². The van der Waals surface area contributed by atoms with Crippen LogP contribution in [0, 0.1) is 0 Å². The summed E-state index contributed by atoms with van der Waals surface area (Å²) in [6.07, 6.45) is 2.53. The van der Waals surface area contributed by atoms with Crippen LogP contribution >= 0.6 is 0 Å². The topological polar surface area (TPSA) is 24.9 Å². The van der Waals surface area contributed by atoms with Gasteiger partial charge in [0, 0.05) is 14.2 Å². The molecule has 1 aliphatic heterocycles. The fourth-order valence-electron chi connectivity index (χ4n) is 2.42. The summed E-state index contributed by atoms with van der Waals surface area (Å²) in [7, 11) is 1.30. The van der Waals surface area contributed by atoms with Crippen LogP contribution in [0.5, 0.6) is 0 Å². The molecule has 4 nitrogen and oxygen atoms in total. The van der Waals surface area contributed by atoms with Crippen LogP contribution in [-0.2, 0) is 8.85 Å². The van der Waals surface area contributed by atoms with Crippen LogP contribution in [0.15, 0.2) is 0 Å². The van der Waals surface area contributed by atoms with Crippen LogP contribution in [-0.4, -0.2) is 58.4 Å². The lowest BCUT2D eigenvalue weighted by Gasteiger charge is -2.41. The minimum Gasteiger partial charge on any atom is -0.374 e. The van der Waals surface area contributed by atoms with Gasteiger partial charge in [-0.2, -0.15) is 0 Å². The third-order valence-corrected chi connectivity index (χ3v) is 6.94. The second-order valence-corrected chi connectivity index (χ2v) is 7.00. The van der Waals surface area contributed by atoms with Crippen molar-refractivity contribution in [3.05, 3.63) is 0 Å². The van der Waals surface area contributed by atoms with E-state index in [0.29, 0.717) is 0 Å². The van der Waals surface area contributed by atoms with E-state index in [-0.39, 0.29) is 0 Å². The Morgan fingerprint density at radius 2 is 1.53 bits per heavy atom. The Labute approximate surface area is 94.6 Å². The summed E-state index contributed by atoms with van der Waals surface area (Å²) in [6.45, 7) is 8.54. The Hall–Kier alpha value is 0.0569. The molecule has 90 valence electrons. The summed E-state index contributed by atoms with van der Waals surface area (Å²) < 4.78 is 16.3. The van der Waals surface area contributed by atoms with Gasteiger partial charge >= 0.3 is 8.88 Å². The van der Waals surface area contributed by atoms with Gasteiger partial charge in [-0.1, -0.05) is 13.8 Å². The molecule has 0 aliphatic carbocycles. The fourth-order valence-corrected chi connectivity index (χ4v) is 5.70. The fraction of sp³-hybridized carbons (Fsp3) is 1.00. The van der Waals surface area contributed by atoms with Gasteiger partial charge in [0.2, 0.25) is 0 Å². The van der Waals surface area contributed by atoms with E-state index in [4.69, 9.17) is 8.85 Å². The molecule has 0 unspecified atom stereocenters. The SMILES string of the molecule is CCN(CC)[Si](OC)(OC)N1CCCC1. The normalized spacial score (nSPS) is 19.0. The minimum atomic E-state index is -2.27. The summed E-state index contributed by atoms with van der Waals surface area (Å²) in [6, 6.07) is 0. The van der Waals surface area contributed by atoms with E-state index in [1.54, 1.807) is 14.2 Å². The lowest BCUT2D eigenvalue weighted by atomic mass is 10.4. The average molecular weight is 232 g/mol. The van der Waals surface area contributed by atoms with E-state index < -0.39 is 8.88 Å². The minimum absolute atomic E-state index is 0.987. The smallest absolute Gasteiger partial charge is 0.374 e.